The number of hydrogen-bond acceptors (Lipinski definition) is 4. The molecule has 2 aromatic rings. The van der Waals surface area contributed by atoms with Crippen molar-refractivity contribution in [2.24, 2.45) is 11.8 Å². The lowest BCUT2D eigenvalue weighted by Crippen LogP contribution is -2.45. The van der Waals surface area contributed by atoms with Crippen LogP contribution >= 0.6 is 0 Å². The van der Waals surface area contributed by atoms with Gasteiger partial charge < -0.3 is 10.0 Å². The Bertz CT molecular complexity index is 864. The van der Waals surface area contributed by atoms with Crippen LogP contribution in [0.25, 0.3) is 5.69 Å². The van der Waals surface area contributed by atoms with Crippen molar-refractivity contribution >= 4 is 11.9 Å². The van der Waals surface area contributed by atoms with Crippen LogP contribution < -0.4 is 0 Å². The number of carboxylic acid groups (broad SMARTS) is 1. The molecule has 2 unspecified atom stereocenters. The smallest absolute Gasteiger partial charge is 0.308 e. The van der Waals surface area contributed by atoms with Crippen LogP contribution in [-0.4, -0.2) is 49.7 Å². The number of piperidine rings is 1. The molecule has 1 amide bonds. The van der Waals surface area contributed by atoms with Crippen LogP contribution in [0.15, 0.2) is 24.3 Å². The summed E-state index contributed by atoms with van der Waals surface area (Å²) in [4.78, 5) is 30.2. The predicted molar refractivity (Wildman–Crippen MR) is 96.2 cm³/mol. The van der Waals surface area contributed by atoms with Crippen LogP contribution in [0.5, 0.6) is 0 Å². The first kappa shape index (κ1) is 19.0. The van der Waals surface area contributed by atoms with Crippen molar-refractivity contribution in [1.82, 2.24) is 19.7 Å². The third kappa shape index (κ3) is 3.99. The molecule has 1 aliphatic rings. The number of likely N-dealkylation sites (tertiary alicyclic amines) is 1. The number of hydrogen-bond donors (Lipinski definition) is 1. The van der Waals surface area contributed by atoms with Crippen LogP contribution in [0, 0.1) is 17.7 Å². The summed E-state index contributed by atoms with van der Waals surface area (Å²) in [6.07, 6.45) is 0.543. The van der Waals surface area contributed by atoms with Gasteiger partial charge in [0.25, 0.3) is 5.91 Å². The summed E-state index contributed by atoms with van der Waals surface area (Å²) in [7, 11) is 0. The van der Waals surface area contributed by atoms with E-state index in [9.17, 15) is 19.1 Å². The molecule has 1 aliphatic heterocycles. The van der Waals surface area contributed by atoms with E-state index in [-0.39, 0.29) is 24.2 Å². The number of benzene rings is 1. The first-order chi connectivity index (χ1) is 12.8. The summed E-state index contributed by atoms with van der Waals surface area (Å²) in [5.41, 5.74) is 0.487. The zero-order valence-electron chi connectivity index (χ0n) is 15.6. The molecule has 1 N–H and O–H groups in total. The summed E-state index contributed by atoms with van der Waals surface area (Å²) in [5.74, 6) is -1.70. The Morgan fingerprint density at radius 2 is 2.04 bits per heavy atom. The van der Waals surface area contributed by atoms with Gasteiger partial charge in [-0.3, -0.25) is 9.59 Å². The third-order valence-corrected chi connectivity index (χ3v) is 4.69. The standard InChI is InChI=1S/C19H23FN4O3/c1-11(2)17-21-16(22-24(17)15-6-4-5-14(20)8-15)18(25)23-9-12(3)7-13(10-23)19(26)27/h4-6,8,11-13H,7,9-10H2,1-3H3,(H,26,27). The minimum absolute atomic E-state index is 0.00111. The van der Waals surface area contributed by atoms with Gasteiger partial charge in [0.1, 0.15) is 11.6 Å². The molecule has 0 radical (unpaired) electrons. The number of rotatable bonds is 4. The topological polar surface area (TPSA) is 88.3 Å². The maximum atomic E-state index is 13.6. The van der Waals surface area contributed by atoms with Crippen molar-refractivity contribution in [3.05, 3.63) is 41.7 Å². The third-order valence-electron chi connectivity index (χ3n) is 4.69. The zero-order chi connectivity index (χ0) is 19.7. The molecule has 1 aromatic carbocycles. The summed E-state index contributed by atoms with van der Waals surface area (Å²) >= 11 is 0. The number of aliphatic carboxylic acids is 1. The molecule has 0 spiro atoms. The van der Waals surface area contributed by atoms with Crippen molar-refractivity contribution in [3.63, 3.8) is 0 Å². The lowest BCUT2D eigenvalue weighted by molar-refractivity contribution is -0.143. The van der Waals surface area contributed by atoms with E-state index in [4.69, 9.17) is 0 Å². The van der Waals surface area contributed by atoms with Gasteiger partial charge in [0, 0.05) is 19.0 Å². The minimum atomic E-state index is -0.902. The number of halogens is 1. The highest BCUT2D eigenvalue weighted by molar-refractivity contribution is 5.91. The normalized spacial score (nSPS) is 20.1. The first-order valence-electron chi connectivity index (χ1n) is 9.01. The molecule has 2 atom stereocenters. The second-order valence-corrected chi connectivity index (χ2v) is 7.43. The molecule has 0 bridgehead atoms. The Hall–Kier alpha value is -2.77. The molecule has 3 rings (SSSR count). The summed E-state index contributed by atoms with van der Waals surface area (Å²) in [5, 5.41) is 13.6. The van der Waals surface area contributed by atoms with E-state index in [0.29, 0.717) is 24.5 Å². The number of carbonyl (C=O) groups is 2. The van der Waals surface area contributed by atoms with Crippen molar-refractivity contribution in [2.75, 3.05) is 13.1 Å². The van der Waals surface area contributed by atoms with Gasteiger partial charge in [-0.05, 0) is 30.5 Å². The van der Waals surface area contributed by atoms with E-state index in [1.165, 1.54) is 21.7 Å². The van der Waals surface area contributed by atoms with Gasteiger partial charge in [0.15, 0.2) is 0 Å². The highest BCUT2D eigenvalue weighted by atomic mass is 19.1. The Morgan fingerprint density at radius 1 is 1.30 bits per heavy atom. The maximum absolute atomic E-state index is 13.6. The van der Waals surface area contributed by atoms with Gasteiger partial charge in [0.2, 0.25) is 5.82 Å². The van der Waals surface area contributed by atoms with Crippen molar-refractivity contribution in [2.45, 2.75) is 33.1 Å². The lowest BCUT2D eigenvalue weighted by Gasteiger charge is -2.33. The first-order valence-corrected chi connectivity index (χ1v) is 9.01. The number of nitrogens with zero attached hydrogens (tertiary/aromatic N) is 4. The molecule has 0 saturated carbocycles. The Labute approximate surface area is 156 Å². The van der Waals surface area contributed by atoms with E-state index < -0.39 is 23.6 Å². The van der Waals surface area contributed by atoms with Gasteiger partial charge in [-0.1, -0.05) is 26.8 Å². The number of aromatic nitrogens is 3. The second kappa shape index (κ2) is 7.46. The highest BCUT2D eigenvalue weighted by Gasteiger charge is 2.34. The van der Waals surface area contributed by atoms with Gasteiger partial charge in [-0.15, -0.1) is 5.10 Å². The predicted octanol–water partition coefficient (Wildman–Crippen LogP) is 2.71. The van der Waals surface area contributed by atoms with E-state index in [2.05, 4.69) is 10.1 Å². The van der Waals surface area contributed by atoms with Crippen molar-refractivity contribution in [3.8, 4) is 5.69 Å². The molecule has 1 saturated heterocycles. The largest absolute Gasteiger partial charge is 0.481 e. The van der Waals surface area contributed by atoms with E-state index >= 15 is 0 Å². The molecule has 144 valence electrons. The van der Waals surface area contributed by atoms with Gasteiger partial charge in [0.05, 0.1) is 11.6 Å². The summed E-state index contributed by atoms with van der Waals surface area (Å²) in [6, 6.07) is 5.93. The Kier molecular flexibility index (Phi) is 5.25. The van der Waals surface area contributed by atoms with Crippen molar-refractivity contribution < 1.29 is 19.1 Å². The second-order valence-electron chi connectivity index (χ2n) is 7.43. The Balaban J connectivity index is 1.93. The fourth-order valence-corrected chi connectivity index (χ4v) is 3.42. The van der Waals surface area contributed by atoms with Crippen LogP contribution in [0.1, 0.15) is 49.6 Å². The van der Waals surface area contributed by atoms with E-state index in [1.807, 2.05) is 20.8 Å². The van der Waals surface area contributed by atoms with Gasteiger partial charge >= 0.3 is 5.97 Å². The molecule has 8 heteroatoms. The number of carboxylic acids is 1. The fraction of sp³-hybridized carbons (Fsp3) is 0.474. The molecular formula is C19H23FN4O3. The molecule has 7 nitrogen and oxygen atoms in total. The van der Waals surface area contributed by atoms with E-state index in [1.54, 1.807) is 12.1 Å². The van der Waals surface area contributed by atoms with E-state index in [0.717, 1.165) is 0 Å². The van der Waals surface area contributed by atoms with Crippen LogP contribution in [-0.2, 0) is 4.79 Å². The zero-order valence-corrected chi connectivity index (χ0v) is 15.6. The van der Waals surface area contributed by atoms with Crippen LogP contribution in [0.3, 0.4) is 0 Å². The average Bonchev–Trinajstić information content (AvgIpc) is 3.06. The Morgan fingerprint density at radius 3 is 2.67 bits per heavy atom. The fourth-order valence-electron chi connectivity index (χ4n) is 3.42. The van der Waals surface area contributed by atoms with Crippen molar-refractivity contribution in [1.29, 1.82) is 0 Å². The summed E-state index contributed by atoms with van der Waals surface area (Å²) in [6.45, 7) is 6.36. The number of carbonyl (C=O) groups excluding carboxylic acids is 1. The lowest BCUT2D eigenvalue weighted by atomic mass is 9.90. The van der Waals surface area contributed by atoms with Gasteiger partial charge in [-0.2, -0.15) is 0 Å². The maximum Gasteiger partial charge on any atom is 0.308 e. The number of amides is 1. The molecular weight excluding hydrogens is 351 g/mol. The molecule has 1 fully saturated rings. The van der Waals surface area contributed by atoms with Gasteiger partial charge in [-0.25, -0.2) is 14.1 Å². The molecule has 1 aromatic heterocycles. The minimum Gasteiger partial charge on any atom is -0.481 e. The van der Waals surface area contributed by atoms with Crippen LogP contribution in [0.2, 0.25) is 0 Å². The quantitative estimate of drug-likeness (QED) is 0.889. The molecule has 0 aliphatic carbocycles. The average molecular weight is 374 g/mol. The summed E-state index contributed by atoms with van der Waals surface area (Å²) < 4.78 is 15.1. The molecule has 2 heterocycles. The van der Waals surface area contributed by atoms with Crippen LogP contribution in [0.4, 0.5) is 4.39 Å². The monoisotopic (exact) mass is 374 g/mol. The molecule has 27 heavy (non-hydrogen) atoms. The SMILES string of the molecule is CC1CC(C(=O)O)CN(C(=O)c2nc(C(C)C)n(-c3cccc(F)c3)n2)C1. The highest BCUT2D eigenvalue weighted by Crippen LogP contribution is 2.24.